The monoisotopic (exact) mass is 427 g/mol. The highest BCUT2D eigenvalue weighted by Gasteiger charge is 2.23. The number of ether oxygens (including phenoxy) is 1. The molecule has 4 rings (SSSR count). The molecule has 0 fully saturated rings. The molecule has 0 bridgehead atoms. The molecule has 0 saturated carbocycles. The molecule has 0 aliphatic rings. The van der Waals surface area contributed by atoms with Crippen LogP contribution in [0.1, 0.15) is 34.8 Å². The van der Waals surface area contributed by atoms with Crippen molar-refractivity contribution in [1.29, 1.82) is 0 Å². The number of carbonyl (C=O) groups excluding carboxylic acids is 2. The van der Waals surface area contributed by atoms with Gasteiger partial charge in [0.15, 0.2) is 6.10 Å². The van der Waals surface area contributed by atoms with Crippen molar-refractivity contribution in [3.8, 4) is 11.4 Å². The van der Waals surface area contributed by atoms with E-state index in [2.05, 4.69) is 15.3 Å². The second-order valence-electron chi connectivity index (χ2n) is 7.79. The van der Waals surface area contributed by atoms with E-state index in [4.69, 9.17) is 4.74 Å². The molecule has 0 aliphatic carbocycles. The van der Waals surface area contributed by atoms with E-state index in [1.54, 1.807) is 25.1 Å². The van der Waals surface area contributed by atoms with Crippen molar-refractivity contribution in [1.82, 2.24) is 9.97 Å². The summed E-state index contributed by atoms with van der Waals surface area (Å²) >= 11 is 0. The first-order valence-corrected chi connectivity index (χ1v) is 10.6. The van der Waals surface area contributed by atoms with Crippen LogP contribution >= 0.6 is 0 Å². The fourth-order valence-corrected chi connectivity index (χ4v) is 3.43. The summed E-state index contributed by atoms with van der Waals surface area (Å²) in [5.74, 6) is -0.167. The van der Waals surface area contributed by atoms with Gasteiger partial charge in [-0.3, -0.25) is 4.79 Å². The minimum atomic E-state index is -0.886. The average molecular weight is 428 g/mol. The van der Waals surface area contributed by atoms with E-state index in [-0.39, 0.29) is 5.91 Å². The van der Waals surface area contributed by atoms with Crippen LogP contribution in [0.4, 0.5) is 5.69 Å². The van der Waals surface area contributed by atoms with Crippen LogP contribution in [0.25, 0.3) is 22.4 Å². The Morgan fingerprint density at radius 1 is 1.03 bits per heavy atom. The van der Waals surface area contributed by atoms with Gasteiger partial charge >= 0.3 is 5.97 Å². The van der Waals surface area contributed by atoms with Crippen LogP contribution in [0.3, 0.4) is 0 Å². The average Bonchev–Trinajstić information content (AvgIpc) is 3.22. The zero-order chi connectivity index (χ0) is 22.7. The first-order valence-electron chi connectivity index (χ1n) is 10.6. The third kappa shape index (κ3) is 4.54. The van der Waals surface area contributed by atoms with Gasteiger partial charge in [-0.25, -0.2) is 9.78 Å². The topological polar surface area (TPSA) is 84.1 Å². The summed E-state index contributed by atoms with van der Waals surface area (Å²) in [5.41, 5.74) is 5.62. The second-order valence-corrected chi connectivity index (χ2v) is 7.79. The number of fused-ring (bicyclic) bond motifs is 1. The first kappa shape index (κ1) is 21.3. The van der Waals surface area contributed by atoms with Crippen LogP contribution in [0, 0.1) is 13.8 Å². The summed E-state index contributed by atoms with van der Waals surface area (Å²) in [5, 5.41) is 2.84. The predicted octanol–water partition coefficient (Wildman–Crippen LogP) is 5.42. The number of benzene rings is 3. The molecule has 3 aromatic carbocycles. The van der Waals surface area contributed by atoms with Crippen molar-refractivity contribution in [2.75, 3.05) is 5.32 Å². The molecule has 1 heterocycles. The van der Waals surface area contributed by atoms with E-state index in [1.165, 1.54) is 5.56 Å². The summed E-state index contributed by atoms with van der Waals surface area (Å²) < 4.78 is 5.53. The molecule has 6 heteroatoms. The Morgan fingerprint density at radius 3 is 2.50 bits per heavy atom. The third-order valence-corrected chi connectivity index (χ3v) is 5.36. The number of aromatic amines is 1. The molecule has 1 amide bonds. The fraction of sp³-hybridized carbons (Fsp3) is 0.192. The second kappa shape index (κ2) is 9.06. The number of aromatic nitrogens is 2. The van der Waals surface area contributed by atoms with Gasteiger partial charge in [-0.2, -0.15) is 0 Å². The molecule has 1 unspecified atom stereocenters. The van der Waals surface area contributed by atoms with E-state index < -0.39 is 12.1 Å². The summed E-state index contributed by atoms with van der Waals surface area (Å²) in [4.78, 5) is 33.3. The standard InChI is InChI=1S/C26H25N3O3/c1-4-23(25(30)29-20-8-6-5-7-17(20)3)32-26(31)19-13-14-21-22(15-19)28-24(27-21)18-11-9-16(2)10-12-18/h5-15,23H,4H2,1-3H3,(H,27,28)(H,29,30). The maximum absolute atomic E-state index is 12.8. The highest BCUT2D eigenvalue weighted by molar-refractivity contribution is 5.99. The molecule has 0 saturated heterocycles. The van der Waals surface area contributed by atoms with Gasteiger partial charge in [-0.1, -0.05) is 55.0 Å². The Balaban J connectivity index is 1.50. The number of anilines is 1. The Hall–Kier alpha value is -3.93. The number of rotatable bonds is 6. The SMILES string of the molecule is CCC(OC(=O)c1ccc2nc(-c3ccc(C)cc3)[nH]c2c1)C(=O)Nc1ccccc1C. The van der Waals surface area contributed by atoms with Gasteiger partial charge in [-0.15, -0.1) is 0 Å². The highest BCUT2D eigenvalue weighted by Crippen LogP contribution is 2.22. The maximum Gasteiger partial charge on any atom is 0.338 e. The highest BCUT2D eigenvalue weighted by atomic mass is 16.5. The number of nitrogens with zero attached hydrogens (tertiary/aromatic N) is 1. The molecule has 6 nitrogen and oxygen atoms in total. The third-order valence-electron chi connectivity index (χ3n) is 5.36. The number of imidazole rings is 1. The number of H-pyrrole nitrogens is 1. The Labute approximate surface area is 186 Å². The minimum absolute atomic E-state index is 0.348. The summed E-state index contributed by atoms with van der Waals surface area (Å²) in [7, 11) is 0. The van der Waals surface area contributed by atoms with Crippen LogP contribution in [0.15, 0.2) is 66.7 Å². The Kier molecular flexibility index (Phi) is 6.03. The number of para-hydroxylation sites is 1. The van der Waals surface area contributed by atoms with Gasteiger partial charge in [0.05, 0.1) is 16.6 Å². The van der Waals surface area contributed by atoms with Crippen molar-refractivity contribution >= 4 is 28.6 Å². The van der Waals surface area contributed by atoms with Crippen molar-refractivity contribution in [3.63, 3.8) is 0 Å². The molecule has 4 aromatic rings. The molecule has 162 valence electrons. The number of carbonyl (C=O) groups is 2. The largest absolute Gasteiger partial charge is 0.449 e. The van der Waals surface area contributed by atoms with Gasteiger partial charge in [0.25, 0.3) is 5.91 Å². The molecular weight excluding hydrogens is 402 g/mol. The molecular formula is C26H25N3O3. The number of hydrogen-bond acceptors (Lipinski definition) is 4. The normalized spacial score (nSPS) is 11.8. The molecule has 1 aromatic heterocycles. The lowest BCUT2D eigenvalue weighted by molar-refractivity contribution is -0.124. The zero-order valence-corrected chi connectivity index (χ0v) is 18.3. The van der Waals surface area contributed by atoms with Gasteiger partial charge in [0.2, 0.25) is 0 Å². The molecule has 32 heavy (non-hydrogen) atoms. The summed E-state index contributed by atoms with van der Waals surface area (Å²) in [6, 6.07) is 20.7. The lowest BCUT2D eigenvalue weighted by Crippen LogP contribution is -2.32. The van der Waals surface area contributed by atoms with Crippen molar-refractivity contribution in [3.05, 3.63) is 83.4 Å². The van der Waals surface area contributed by atoms with Crippen LogP contribution < -0.4 is 5.32 Å². The molecule has 0 aliphatic heterocycles. The number of esters is 1. The number of hydrogen-bond donors (Lipinski definition) is 2. The predicted molar refractivity (Wildman–Crippen MR) is 126 cm³/mol. The fourth-order valence-electron chi connectivity index (χ4n) is 3.43. The van der Waals surface area contributed by atoms with Gasteiger partial charge in [0, 0.05) is 11.3 Å². The quantitative estimate of drug-likeness (QED) is 0.402. The molecule has 1 atom stereocenters. The summed E-state index contributed by atoms with van der Waals surface area (Å²) in [6.45, 7) is 5.75. The van der Waals surface area contributed by atoms with Gasteiger partial charge < -0.3 is 15.0 Å². The first-order chi connectivity index (χ1) is 15.4. The van der Waals surface area contributed by atoms with Crippen LogP contribution in [0.2, 0.25) is 0 Å². The summed E-state index contributed by atoms with van der Waals surface area (Å²) in [6.07, 6.45) is -0.518. The molecule has 0 radical (unpaired) electrons. The van der Waals surface area contributed by atoms with Crippen molar-refractivity contribution < 1.29 is 14.3 Å². The van der Waals surface area contributed by atoms with E-state index in [1.807, 2.05) is 62.4 Å². The van der Waals surface area contributed by atoms with Crippen LogP contribution in [-0.4, -0.2) is 27.9 Å². The molecule has 0 spiro atoms. The van der Waals surface area contributed by atoms with Gasteiger partial charge in [-0.05, 0) is 50.1 Å². The lowest BCUT2D eigenvalue weighted by atomic mass is 10.1. The van der Waals surface area contributed by atoms with E-state index in [0.717, 1.165) is 28.0 Å². The van der Waals surface area contributed by atoms with Gasteiger partial charge in [0.1, 0.15) is 5.82 Å². The van der Waals surface area contributed by atoms with Crippen LogP contribution in [-0.2, 0) is 9.53 Å². The van der Waals surface area contributed by atoms with Crippen molar-refractivity contribution in [2.24, 2.45) is 0 Å². The van der Waals surface area contributed by atoms with Crippen LogP contribution in [0.5, 0.6) is 0 Å². The van der Waals surface area contributed by atoms with E-state index >= 15 is 0 Å². The minimum Gasteiger partial charge on any atom is -0.449 e. The smallest absolute Gasteiger partial charge is 0.338 e. The van der Waals surface area contributed by atoms with E-state index in [9.17, 15) is 9.59 Å². The van der Waals surface area contributed by atoms with Crippen molar-refractivity contribution in [2.45, 2.75) is 33.3 Å². The van der Waals surface area contributed by atoms with E-state index in [0.29, 0.717) is 17.7 Å². The zero-order valence-electron chi connectivity index (χ0n) is 18.3. The number of nitrogens with one attached hydrogen (secondary N) is 2. The Morgan fingerprint density at radius 2 is 1.78 bits per heavy atom. The Bertz CT molecular complexity index is 1280. The molecule has 2 N–H and O–H groups in total. The number of aryl methyl sites for hydroxylation is 2. The number of amides is 1. The lowest BCUT2D eigenvalue weighted by Gasteiger charge is -2.17. The maximum atomic E-state index is 12.8.